The smallest absolute Gasteiger partial charge is 0.121 e. The minimum absolute atomic E-state index is 0.0438. The van der Waals surface area contributed by atoms with Crippen molar-refractivity contribution in [2.24, 2.45) is 0 Å². The van der Waals surface area contributed by atoms with Crippen molar-refractivity contribution in [2.45, 2.75) is 26.8 Å². The Bertz CT molecular complexity index is 384. The fraction of sp³-hybridized carbons (Fsp3) is 0.462. The van der Waals surface area contributed by atoms with Crippen LogP contribution in [0, 0.1) is 32.1 Å². The number of nitrogens with zero attached hydrogens (tertiary/aromatic N) is 1. The normalized spacial score (nSPS) is 12.2. The van der Waals surface area contributed by atoms with Crippen LogP contribution in [0.15, 0.2) is 12.1 Å². The lowest BCUT2D eigenvalue weighted by Crippen LogP contribution is -2.24. The number of nitrogens with one attached hydrogen (secondary N) is 1. The summed E-state index contributed by atoms with van der Waals surface area (Å²) in [7, 11) is 0. The third-order valence-corrected chi connectivity index (χ3v) is 2.62. The molecule has 0 saturated carbocycles. The highest BCUT2D eigenvalue weighted by Crippen LogP contribution is 2.22. The number of aliphatic hydroxyl groups excluding tert-OH is 1. The topological polar surface area (TPSA) is 56.0 Å². The molecule has 0 aliphatic carbocycles. The van der Waals surface area contributed by atoms with Crippen LogP contribution in [0.1, 0.15) is 28.3 Å². The number of aryl methyl sites for hydroxylation is 3. The molecule has 0 aliphatic heterocycles. The molecule has 3 nitrogen and oxygen atoms in total. The summed E-state index contributed by atoms with van der Waals surface area (Å²) in [4.78, 5) is 0. The molecule has 0 spiro atoms. The van der Waals surface area contributed by atoms with E-state index in [1.807, 2.05) is 20.8 Å². The summed E-state index contributed by atoms with van der Waals surface area (Å²) in [5.74, 6) is 0. The van der Waals surface area contributed by atoms with E-state index in [1.165, 1.54) is 5.56 Å². The Kier molecular flexibility index (Phi) is 4.48. The number of rotatable bonds is 4. The molecule has 0 aromatic heterocycles. The first kappa shape index (κ1) is 12.7. The van der Waals surface area contributed by atoms with E-state index in [4.69, 9.17) is 10.4 Å². The molecular formula is C13H18N2O. The van der Waals surface area contributed by atoms with Crippen LogP contribution in [0.25, 0.3) is 0 Å². The molecule has 1 atom stereocenters. The third-order valence-electron chi connectivity index (χ3n) is 2.62. The first-order valence-corrected chi connectivity index (χ1v) is 5.41. The van der Waals surface area contributed by atoms with Crippen LogP contribution in [0.4, 0.5) is 0 Å². The van der Waals surface area contributed by atoms with Crippen molar-refractivity contribution in [2.75, 3.05) is 13.2 Å². The monoisotopic (exact) mass is 218 g/mol. The highest BCUT2D eigenvalue weighted by Gasteiger charge is 2.14. The second kappa shape index (κ2) is 5.64. The van der Waals surface area contributed by atoms with Gasteiger partial charge in [0.25, 0.3) is 0 Å². The first-order chi connectivity index (χ1) is 7.60. The molecule has 0 fully saturated rings. The molecule has 16 heavy (non-hydrogen) atoms. The Morgan fingerprint density at radius 1 is 1.31 bits per heavy atom. The van der Waals surface area contributed by atoms with Gasteiger partial charge < -0.3 is 5.11 Å². The summed E-state index contributed by atoms with van der Waals surface area (Å²) in [6.07, 6.45) is 0. The molecule has 0 heterocycles. The molecule has 86 valence electrons. The Hall–Kier alpha value is -1.37. The summed E-state index contributed by atoms with van der Waals surface area (Å²) in [6, 6.07) is 6.05. The predicted molar refractivity (Wildman–Crippen MR) is 64.1 cm³/mol. The van der Waals surface area contributed by atoms with Gasteiger partial charge in [-0.1, -0.05) is 17.7 Å². The highest BCUT2D eigenvalue weighted by atomic mass is 16.3. The van der Waals surface area contributed by atoms with E-state index >= 15 is 0 Å². The number of benzene rings is 1. The zero-order valence-corrected chi connectivity index (χ0v) is 10.0. The van der Waals surface area contributed by atoms with Crippen molar-refractivity contribution in [3.8, 4) is 6.07 Å². The van der Waals surface area contributed by atoms with Crippen LogP contribution in [-0.4, -0.2) is 18.3 Å². The lowest BCUT2D eigenvalue weighted by Gasteiger charge is -2.17. The zero-order valence-electron chi connectivity index (χ0n) is 10.0. The number of hydrogen-bond acceptors (Lipinski definition) is 3. The molecule has 0 amide bonds. The fourth-order valence-corrected chi connectivity index (χ4v) is 2.07. The van der Waals surface area contributed by atoms with Gasteiger partial charge in [0.05, 0.1) is 12.7 Å². The van der Waals surface area contributed by atoms with Gasteiger partial charge in [-0.05, 0) is 37.5 Å². The molecule has 0 bridgehead atoms. The maximum absolute atomic E-state index is 9.13. The molecule has 0 aliphatic rings. The SMILES string of the molecule is Cc1cc(C)c(C(C#N)NCCO)c(C)c1. The fourth-order valence-electron chi connectivity index (χ4n) is 2.07. The Morgan fingerprint density at radius 2 is 1.88 bits per heavy atom. The van der Waals surface area contributed by atoms with E-state index in [9.17, 15) is 0 Å². The van der Waals surface area contributed by atoms with E-state index in [2.05, 4.69) is 23.5 Å². The third kappa shape index (κ3) is 2.82. The van der Waals surface area contributed by atoms with Crippen molar-refractivity contribution < 1.29 is 5.11 Å². The second-order valence-electron chi connectivity index (χ2n) is 4.05. The quantitative estimate of drug-likeness (QED) is 0.809. The summed E-state index contributed by atoms with van der Waals surface area (Å²) < 4.78 is 0. The van der Waals surface area contributed by atoms with E-state index in [0.717, 1.165) is 16.7 Å². The van der Waals surface area contributed by atoms with Crippen molar-refractivity contribution >= 4 is 0 Å². The Balaban J connectivity index is 3.06. The minimum atomic E-state index is -0.340. The minimum Gasteiger partial charge on any atom is -0.395 e. The Morgan fingerprint density at radius 3 is 2.31 bits per heavy atom. The maximum atomic E-state index is 9.13. The molecule has 2 N–H and O–H groups in total. The van der Waals surface area contributed by atoms with Crippen molar-refractivity contribution in [3.05, 3.63) is 34.4 Å². The van der Waals surface area contributed by atoms with Crippen molar-refractivity contribution in [3.63, 3.8) is 0 Å². The van der Waals surface area contributed by atoms with Crippen molar-refractivity contribution in [1.82, 2.24) is 5.32 Å². The van der Waals surface area contributed by atoms with Crippen molar-refractivity contribution in [1.29, 1.82) is 5.26 Å². The van der Waals surface area contributed by atoms with Gasteiger partial charge in [-0.2, -0.15) is 5.26 Å². The van der Waals surface area contributed by atoms with Gasteiger partial charge in [0.1, 0.15) is 6.04 Å². The van der Waals surface area contributed by atoms with E-state index in [-0.39, 0.29) is 12.6 Å². The standard InChI is InChI=1S/C13H18N2O/c1-9-6-10(2)13(11(3)7-9)12(8-14)15-4-5-16/h6-7,12,15-16H,4-5H2,1-3H3. The van der Waals surface area contributed by atoms with Crippen LogP contribution in [0.3, 0.4) is 0 Å². The number of aliphatic hydroxyl groups is 1. The van der Waals surface area contributed by atoms with Crippen LogP contribution in [0.2, 0.25) is 0 Å². The van der Waals surface area contributed by atoms with Crippen LogP contribution in [-0.2, 0) is 0 Å². The Labute approximate surface area is 96.7 Å². The first-order valence-electron chi connectivity index (χ1n) is 5.41. The summed E-state index contributed by atoms with van der Waals surface area (Å²) in [5, 5.41) is 20.9. The van der Waals surface area contributed by atoms with Gasteiger partial charge in [-0.15, -0.1) is 0 Å². The molecule has 1 aromatic carbocycles. The second-order valence-corrected chi connectivity index (χ2v) is 4.05. The molecule has 1 unspecified atom stereocenters. The summed E-state index contributed by atoms with van der Waals surface area (Å²) in [6.45, 7) is 6.56. The number of nitriles is 1. The van der Waals surface area contributed by atoms with E-state index in [0.29, 0.717) is 6.54 Å². The van der Waals surface area contributed by atoms with Gasteiger partial charge in [0.15, 0.2) is 0 Å². The largest absolute Gasteiger partial charge is 0.395 e. The van der Waals surface area contributed by atoms with E-state index < -0.39 is 0 Å². The van der Waals surface area contributed by atoms with Gasteiger partial charge in [-0.25, -0.2) is 0 Å². The van der Waals surface area contributed by atoms with Crippen LogP contribution >= 0.6 is 0 Å². The van der Waals surface area contributed by atoms with Gasteiger partial charge >= 0.3 is 0 Å². The lowest BCUT2D eigenvalue weighted by molar-refractivity contribution is 0.289. The van der Waals surface area contributed by atoms with Crippen LogP contribution in [0.5, 0.6) is 0 Å². The highest BCUT2D eigenvalue weighted by molar-refractivity contribution is 5.41. The molecular weight excluding hydrogens is 200 g/mol. The number of hydrogen-bond donors (Lipinski definition) is 2. The van der Waals surface area contributed by atoms with Crippen LogP contribution < -0.4 is 5.32 Å². The van der Waals surface area contributed by atoms with Gasteiger partial charge in [0, 0.05) is 6.54 Å². The summed E-state index contributed by atoms with van der Waals surface area (Å²) >= 11 is 0. The maximum Gasteiger partial charge on any atom is 0.121 e. The summed E-state index contributed by atoms with van der Waals surface area (Å²) in [5.41, 5.74) is 4.48. The molecule has 3 heteroatoms. The average Bonchev–Trinajstić information content (AvgIpc) is 2.21. The van der Waals surface area contributed by atoms with Gasteiger partial charge in [-0.3, -0.25) is 5.32 Å². The lowest BCUT2D eigenvalue weighted by atomic mass is 9.94. The van der Waals surface area contributed by atoms with E-state index in [1.54, 1.807) is 0 Å². The average molecular weight is 218 g/mol. The van der Waals surface area contributed by atoms with Gasteiger partial charge in [0.2, 0.25) is 0 Å². The molecule has 1 aromatic rings. The predicted octanol–water partition coefficient (Wildman–Crippen LogP) is 1.76. The molecule has 1 rings (SSSR count). The molecule has 0 radical (unpaired) electrons. The molecule has 0 saturated heterocycles. The zero-order chi connectivity index (χ0) is 12.1.